The number of carbonyl (C=O) groups excluding carboxylic acids is 1. The smallest absolute Gasteiger partial charge is 0.360 e. The fraction of sp³-hybridized carbons (Fsp3) is 0.294. The fourth-order valence-corrected chi connectivity index (χ4v) is 3.47. The van der Waals surface area contributed by atoms with E-state index in [0.29, 0.717) is 46.5 Å². The van der Waals surface area contributed by atoms with Gasteiger partial charge in [0.05, 0.1) is 11.8 Å². The van der Waals surface area contributed by atoms with Crippen LogP contribution < -0.4 is 0 Å². The Balaban J connectivity index is 2.04. The van der Waals surface area contributed by atoms with Crippen molar-refractivity contribution in [2.75, 3.05) is 0 Å². The van der Waals surface area contributed by atoms with Crippen LogP contribution in [0.3, 0.4) is 0 Å². The summed E-state index contributed by atoms with van der Waals surface area (Å²) >= 11 is 3.89. The number of nitrogens with zero attached hydrogens (tertiary/aromatic N) is 1. The minimum Gasteiger partial charge on any atom is -0.360 e. The highest BCUT2D eigenvalue weighted by Crippen LogP contribution is 2.42. The van der Waals surface area contributed by atoms with Gasteiger partial charge in [-0.2, -0.15) is 0 Å². The minimum absolute atomic E-state index is 0.140. The van der Waals surface area contributed by atoms with Crippen LogP contribution in [0.2, 0.25) is 0 Å². The lowest BCUT2D eigenvalue weighted by molar-refractivity contribution is 0.103. The Hall–Kier alpha value is -1.66. The Labute approximate surface area is 146 Å². The summed E-state index contributed by atoms with van der Waals surface area (Å²) in [5, 5.41) is 3.44. The van der Waals surface area contributed by atoms with Crippen LogP contribution in [-0.4, -0.2) is 10.9 Å². The monoisotopic (exact) mass is 392 g/mol. The number of aromatic nitrogens is 1. The van der Waals surface area contributed by atoms with Crippen LogP contribution >= 0.6 is 15.9 Å². The van der Waals surface area contributed by atoms with E-state index < -0.39 is 0 Å². The predicted molar refractivity (Wildman–Crippen MR) is 91.7 cm³/mol. The molecule has 1 aliphatic carbocycles. The predicted octanol–water partition coefficient (Wildman–Crippen LogP) is 4.59. The van der Waals surface area contributed by atoms with E-state index in [1.807, 2.05) is 12.1 Å². The van der Waals surface area contributed by atoms with Gasteiger partial charge in [0.25, 0.3) is 5.25 Å². The molecule has 23 heavy (non-hydrogen) atoms. The number of hydrogen-bond acceptors (Lipinski definition) is 4. The quantitative estimate of drug-likeness (QED) is 0.392. The molecule has 0 saturated heterocycles. The normalized spacial score (nSPS) is 15.2. The number of rotatable bonds is 7. The lowest BCUT2D eigenvalue weighted by Gasteiger charge is -2.08. The summed E-state index contributed by atoms with van der Waals surface area (Å²) in [4.78, 5) is 13.0. The zero-order valence-corrected chi connectivity index (χ0v) is 14.7. The molecule has 1 heterocycles. The van der Waals surface area contributed by atoms with E-state index in [4.69, 9.17) is 4.52 Å². The Morgan fingerprint density at radius 2 is 2.26 bits per heavy atom. The van der Waals surface area contributed by atoms with Crippen LogP contribution in [0.15, 0.2) is 46.0 Å². The van der Waals surface area contributed by atoms with Crippen LogP contribution in [0.1, 0.15) is 57.7 Å². The summed E-state index contributed by atoms with van der Waals surface area (Å²) in [6, 6.07) is 5.38. The molecular formula is C17H15BrNO3S+. The van der Waals surface area contributed by atoms with Crippen molar-refractivity contribution in [2.45, 2.75) is 30.4 Å². The zero-order valence-electron chi connectivity index (χ0n) is 12.3. The maximum atomic E-state index is 13.0. The Kier molecular flexibility index (Phi) is 4.82. The number of halogens is 1. The Bertz CT molecular complexity index is 767. The maximum absolute atomic E-state index is 13.0. The molecule has 6 heteroatoms. The Morgan fingerprint density at radius 1 is 1.48 bits per heavy atom. The van der Waals surface area contributed by atoms with Crippen molar-refractivity contribution in [2.24, 2.45) is 0 Å². The summed E-state index contributed by atoms with van der Waals surface area (Å²) in [5.41, 5.74) is 1.74. The van der Waals surface area contributed by atoms with Gasteiger partial charge >= 0.3 is 11.7 Å². The van der Waals surface area contributed by atoms with E-state index in [-0.39, 0.29) is 11.0 Å². The average Bonchev–Trinajstić information content (AvgIpc) is 3.28. The number of carbonyl (C=O) groups is 1. The third-order valence-corrected chi connectivity index (χ3v) is 5.07. The first-order valence-electron chi connectivity index (χ1n) is 7.34. The molecule has 1 fully saturated rings. The first kappa shape index (κ1) is 16.2. The molecule has 0 amide bonds. The third kappa shape index (κ3) is 3.33. The Morgan fingerprint density at radius 3 is 2.91 bits per heavy atom. The van der Waals surface area contributed by atoms with Crippen molar-refractivity contribution in [3.63, 3.8) is 0 Å². The van der Waals surface area contributed by atoms with E-state index >= 15 is 0 Å². The average molecular weight is 393 g/mol. The third-order valence-electron chi connectivity index (χ3n) is 3.89. The molecule has 3 rings (SSSR count). The van der Waals surface area contributed by atoms with Crippen LogP contribution in [0.25, 0.3) is 0 Å². The summed E-state index contributed by atoms with van der Waals surface area (Å²) in [5.74, 6) is 0.825. The number of ketones is 1. The topological polar surface area (TPSA) is 60.2 Å². The van der Waals surface area contributed by atoms with Crippen LogP contribution in [0.4, 0.5) is 0 Å². The largest absolute Gasteiger partial charge is 0.467 e. The summed E-state index contributed by atoms with van der Waals surface area (Å²) < 4.78 is 17.6. The van der Waals surface area contributed by atoms with E-state index in [2.05, 4.69) is 27.7 Å². The number of allylic oxidation sites excluding steroid dienone is 1. The van der Waals surface area contributed by atoms with Gasteiger partial charge in [-0.1, -0.05) is 27.2 Å². The molecule has 1 unspecified atom stereocenters. The van der Waals surface area contributed by atoms with Gasteiger partial charge in [0.15, 0.2) is 11.5 Å². The van der Waals surface area contributed by atoms with E-state index in [1.54, 1.807) is 12.1 Å². The van der Waals surface area contributed by atoms with Gasteiger partial charge in [0, 0.05) is 32.1 Å². The van der Waals surface area contributed by atoms with Gasteiger partial charge in [-0.25, -0.2) is 0 Å². The number of hydrogen-bond donors (Lipinski definition) is 0. The van der Waals surface area contributed by atoms with Crippen molar-refractivity contribution >= 4 is 33.4 Å². The van der Waals surface area contributed by atoms with Crippen molar-refractivity contribution in [3.8, 4) is 0 Å². The molecule has 0 bridgehead atoms. The fourth-order valence-electron chi connectivity index (χ4n) is 2.58. The molecular weight excluding hydrogens is 378 g/mol. The molecule has 2 aromatic rings. The van der Waals surface area contributed by atoms with Gasteiger partial charge in [0.1, 0.15) is 0 Å². The standard InChI is InChI=1S/C17H15BrNO3S/c1-2-3-15(23-21)13-8-11(18)6-7-12(13)16(20)14-9-19-22-17(14)10-4-5-10/h2,6-10,15H,1,3-5H2/q+1. The molecule has 4 nitrogen and oxygen atoms in total. The van der Waals surface area contributed by atoms with Gasteiger partial charge in [-0.05, 0) is 31.0 Å². The van der Waals surface area contributed by atoms with E-state index in [0.717, 1.165) is 17.3 Å². The van der Waals surface area contributed by atoms with Crippen molar-refractivity contribution in [1.29, 1.82) is 0 Å². The highest BCUT2D eigenvalue weighted by atomic mass is 79.9. The summed E-state index contributed by atoms with van der Waals surface area (Å²) in [7, 11) is 0. The molecule has 1 aliphatic rings. The van der Waals surface area contributed by atoms with E-state index in [9.17, 15) is 9.00 Å². The molecule has 1 aromatic heterocycles. The second-order valence-electron chi connectivity index (χ2n) is 5.55. The minimum atomic E-state index is -0.354. The molecule has 0 radical (unpaired) electrons. The maximum Gasteiger partial charge on any atom is 0.467 e. The van der Waals surface area contributed by atoms with Crippen molar-refractivity contribution in [3.05, 3.63) is 64.0 Å². The second kappa shape index (κ2) is 6.84. The molecule has 118 valence electrons. The van der Waals surface area contributed by atoms with Gasteiger partial charge in [-0.15, -0.1) is 6.58 Å². The first-order valence-corrected chi connectivity index (χ1v) is 8.93. The van der Waals surface area contributed by atoms with Gasteiger partial charge in [0.2, 0.25) is 0 Å². The van der Waals surface area contributed by atoms with E-state index in [1.165, 1.54) is 6.20 Å². The number of benzene rings is 1. The van der Waals surface area contributed by atoms with Crippen LogP contribution in [0, 0.1) is 0 Å². The lowest BCUT2D eigenvalue weighted by atomic mass is 9.95. The molecule has 1 atom stereocenters. The molecule has 0 N–H and O–H groups in total. The molecule has 1 aromatic carbocycles. The van der Waals surface area contributed by atoms with Crippen LogP contribution in [-0.2, 0) is 15.9 Å². The van der Waals surface area contributed by atoms with Crippen molar-refractivity contribution in [1.82, 2.24) is 5.16 Å². The molecule has 0 spiro atoms. The lowest BCUT2D eigenvalue weighted by Crippen LogP contribution is -2.09. The van der Waals surface area contributed by atoms with Gasteiger partial charge < -0.3 is 4.52 Å². The molecule has 0 aliphatic heterocycles. The highest BCUT2D eigenvalue weighted by Gasteiger charge is 2.35. The van der Waals surface area contributed by atoms with Crippen molar-refractivity contribution < 1.29 is 13.5 Å². The first-order chi connectivity index (χ1) is 11.2. The second-order valence-corrected chi connectivity index (χ2v) is 7.23. The van der Waals surface area contributed by atoms with Gasteiger partial charge in [-0.3, -0.25) is 4.79 Å². The SMILES string of the molecule is C=CCC([S+]=O)c1cc(Br)ccc1C(=O)c1cnoc1C1CC1. The zero-order chi connectivity index (χ0) is 16.4. The summed E-state index contributed by atoms with van der Waals surface area (Å²) in [6.45, 7) is 3.69. The summed E-state index contributed by atoms with van der Waals surface area (Å²) in [6.07, 6.45) is 5.73. The highest BCUT2D eigenvalue weighted by molar-refractivity contribution is 9.10. The van der Waals surface area contributed by atoms with Crippen LogP contribution in [0.5, 0.6) is 0 Å². The molecule has 1 saturated carbocycles.